The molecule has 0 aliphatic carbocycles. The molecular weight excluding hydrogens is 204 g/mol. The summed E-state index contributed by atoms with van der Waals surface area (Å²) in [6, 6.07) is 6.16. The van der Waals surface area contributed by atoms with Crippen molar-refractivity contribution >= 4 is 15.8 Å². The van der Waals surface area contributed by atoms with E-state index in [2.05, 4.69) is 10.6 Å². The van der Waals surface area contributed by atoms with Gasteiger partial charge in [-0.25, -0.2) is 0 Å². The second kappa shape index (κ2) is 4.41. The van der Waals surface area contributed by atoms with E-state index in [0.29, 0.717) is 12.4 Å². The van der Waals surface area contributed by atoms with E-state index in [1.807, 2.05) is 0 Å². The lowest BCUT2D eigenvalue weighted by Crippen LogP contribution is -2.18. The maximum atomic E-state index is 10.9. The number of nitrogens with one attached hydrogen (secondary N) is 2. The van der Waals surface area contributed by atoms with Crippen molar-refractivity contribution in [1.29, 1.82) is 0 Å². The number of hydrogen-bond acceptors (Lipinski definition) is 4. The molecule has 0 saturated carbocycles. The number of rotatable bonds is 4. The van der Waals surface area contributed by atoms with E-state index >= 15 is 0 Å². The van der Waals surface area contributed by atoms with E-state index in [4.69, 9.17) is 4.55 Å². The third-order valence-corrected chi connectivity index (χ3v) is 2.53. The Labute approximate surface area is 82.9 Å². The fraction of sp³-hybridized carbons (Fsp3) is 0.250. The molecule has 14 heavy (non-hydrogen) atoms. The smallest absolute Gasteiger partial charge is 0.296 e. The maximum absolute atomic E-state index is 10.9. The van der Waals surface area contributed by atoms with Gasteiger partial charge in [-0.1, -0.05) is 12.1 Å². The molecule has 0 amide bonds. The van der Waals surface area contributed by atoms with Crippen LogP contribution in [0.15, 0.2) is 29.2 Å². The van der Waals surface area contributed by atoms with Gasteiger partial charge in [-0.15, -0.1) is 0 Å². The van der Waals surface area contributed by atoms with Crippen LogP contribution in [0.4, 0.5) is 5.69 Å². The van der Waals surface area contributed by atoms with Crippen LogP contribution in [0.1, 0.15) is 0 Å². The predicted octanol–water partition coefficient (Wildman–Crippen LogP) is 0.522. The Bertz CT molecular complexity index is 403. The van der Waals surface area contributed by atoms with Crippen molar-refractivity contribution in [2.45, 2.75) is 4.90 Å². The molecule has 0 aliphatic rings. The molecule has 1 rings (SSSR count). The number of anilines is 1. The van der Waals surface area contributed by atoms with Gasteiger partial charge in [0.05, 0.1) is 12.4 Å². The van der Waals surface area contributed by atoms with Crippen molar-refractivity contribution in [3.8, 4) is 0 Å². The van der Waals surface area contributed by atoms with Gasteiger partial charge in [-0.05, 0) is 19.2 Å². The van der Waals surface area contributed by atoms with Crippen LogP contribution in [0.5, 0.6) is 0 Å². The van der Waals surface area contributed by atoms with Gasteiger partial charge in [0.1, 0.15) is 4.90 Å². The molecule has 0 aliphatic heterocycles. The summed E-state index contributed by atoms with van der Waals surface area (Å²) in [7, 11) is -2.43. The van der Waals surface area contributed by atoms with E-state index in [0.717, 1.165) is 0 Å². The predicted molar refractivity (Wildman–Crippen MR) is 53.8 cm³/mol. The molecular formula is C8H12N2O3S. The van der Waals surface area contributed by atoms with Crippen LogP contribution in [0.3, 0.4) is 0 Å². The molecule has 0 unspecified atom stereocenters. The third-order valence-electron chi connectivity index (χ3n) is 1.62. The number of para-hydroxylation sites is 1. The minimum atomic E-state index is -4.15. The molecule has 1 aromatic carbocycles. The number of benzene rings is 1. The standard InChI is InChI=1S/C8H12N2O3S/c1-9-6-10-7-4-2-3-5-8(7)14(11,12)13/h2-5,9-10H,6H2,1H3,(H,11,12,13). The zero-order chi connectivity index (χ0) is 10.6. The Morgan fingerprint density at radius 3 is 2.57 bits per heavy atom. The van der Waals surface area contributed by atoms with Gasteiger partial charge in [0.2, 0.25) is 0 Å². The minimum Gasteiger partial charge on any atom is -0.371 e. The Hall–Kier alpha value is -1.11. The molecule has 0 fully saturated rings. The monoisotopic (exact) mass is 216 g/mol. The van der Waals surface area contributed by atoms with Crippen LogP contribution in [-0.4, -0.2) is 26.7 Å². The second-order valence-electron chi connectivity index (χ2n) is 2.68. The highest BCUT2D eigenvalue weighted by Gasteiger charge is 2.13. The Balaban J connectivity index is 3.04. The van der Waals surface area contributed by atoms with Crippen LogP contribution in [0.2, 0.25) is 0 Å². The first-order chi connectivity index (χ1) is 6.55. The zero-order valence-corrected chi connectivity index (χ0v) is 8.50. The summed E-state index contributed by atoms with van der Waals surface area (Å²) < 4.78 is 30.7. The topological polar surface area (TPSA) is 78.4 Å². The molecule has 0 atom stereocenters. The van der Waals surface area contributed by atoms with Crippen LogP contribution in [0.25, 0.3) is 0 Å². The summed E-state index contributed by atoms with van der Waals surface area (Å²) in [6.07, 6.45) is 0. The lowest BCUT2D eigenvalue weighted by atomic mass is 10.3. The molecule has 0 aromatic heterocycles. The van der Waals surface area contributed by atoms with Gasteiger partial charge < -0.3 is 10.6 Å². The quantitative estimate of drug-likeness (QED) is 0.505. The molecule has 0 heterocycles. The van der Waals surface area contributed by atoms with Gasteiger partial charge in [-0.2, -0.15) is 8.42 Å². The summed E-state index contributed by atoms with van der Waals surface area (Å²) >= 11 is 0. The highest BCUT2D eigenvalue weighted by atomic mass is 32.2. The SMILES string of the molecule is CNCNc1ccccc1S(=O)(=O)O. The normalized spacial score (nSPS) is 11.3. The summed E-state index contributed by atoms with van der Waals surface area (Å²) in [5, 5.41) is 5.63. The average molecular weight is 216 g/mol. The van der Waals surface area contributed by atoms with E-state index in [1.165, 1.54) is 6.07 Å². The van der Waals surface area contributed by atoms with Crippen molar-refractivity contribution < 1.29 is 13.0 Å². The molecule has 5 nitrogen and oxygen atoms in total. The first-order valence-corrected chi connectivity index (χ1v) is 5.44. The number of hydrogen-bond donors (Lipinski definition) is 3. The largest absolute Gasteiger partial charge is 0.371 e. The van der Waals surface area contributed by atoms with Crippen molar-refractivity contribution in [3.63, 3.8) is 0 Å². The fourth-order valence-electron chi connectivity index (χ4n) is 1.02. The summed E-state index contributed by atoms with van der Waals surface area (Å²) in [5.41, 5.74) is 0.379. The van der Waals surface area contributed by atoms with Gasteiger partial charge in [0, 0.05) is 0 Å². The fourth-order valence-corrected chi connectivity index (χ4v) is 1.69. The van der Waals surface area contributed by atoms with E-state index in [-0.39, 0.29) is 4.90 Å². The Kier molecular flexibility index (Phi) is 3.45. The van der Waals surface area contributed by atoms with E-state index < -0.39 is 10.1 Å². The molecule has 0 radical (unpaired) electrons. The molecule has 1 aromatic rings. The lowest BCUT2D eigenvalue weighted by Gasteiger charge is -2.08. The molecule has 6 heteroatoms. The van der Waals surface area contributed by atoms with Crippen LogP contribution < -0.4 is 10.6 Å². The third kappa shape index (κ3) is 2.69. The van der Waals surface area contributed by atoms with Crippen LogP contribution >= 0.6 is 0 Å². The molecule has 78 valence electrons. The van der Waals surface area contributed by atoms with Gasteiger partial charge in [0.15, 0.2) is 0 Å². The molecule has 0 saturated heterocycles. The van der Waals surface area contributed by atoms with Crippen molar-refractivity contribution in [1.82, 2.24) is 5.32 Å². The van der Waals surface area contributed by atoms with Crippen molar-refractivity contribution in [2.75, 3.05) is 19.0 Å². The van der Waals surface area contributed by atoms with Crippen LogP contribution in [0, 0.1) is 0 Å². The minimum absolute atomic E-state index is 0.116. The summed E-state index contributed by atoms with van der Waals surface area (Å²) in [5.74, 6) is 0. The van der Waals surface area contributed by atoms with Gasteiger partial charge in [0.25, 0.3) is 10.1 Å². The highest BCUT2D eigenvalue weighted by molar-refractivity contribution is 7.86. The highest BCUT2D eigenvalue weighted by Crippen LogP contribution is 2.19. The first-order valence-electron chi connectivity index (χ1n) is 4.00. The van der Waals surface area contributed by atoms with Gasteiger partial charge >= 0.3 is 0 Å². The first kappa shape index (κ1) is 11.0. The molecule has 0 spiro atoms. The molecule has 0 bridgehead atoms. The second-order valence-corrected chi connectivity index (χ2v) is 4.07. The van der Waals surface area contributed by atoms with Gasteiger partial charge in [-0.3, -0.25) is 4.55 Å². The van der Waals surface area contributed by atoms with Crippen molar-refractivity contribution in [3.05, 3.63) is 24.3 Å². The summed E-state index contributed by atoms with van der Waals surface area (Å²) in [6.45, 7) is 0.423. The molecule has 3 N–H and O–H groups in total. The van der Waals surface area contributed by atoms with E-state index in [9.17, 15) is 8.42 Å². The summed E-state index contributed by atoms with van der Waals surface area (Å²) in [4.78, 5) is -0.116. The Morgan fingerprint density at radius 1 is 1.36 bits per heavy atom. The van der Waals surface area contributed by atoms with E-state index in [1.54, 1.807) is 25.2 Å². The average Bonchev–Trinajstić information content (AvgIpc) is 2.14. The maximum Gasteiger partial charge on any atom is 0.296 e. The lowest BCUT2D eigenvalue weighted by molar-refractivity contribution is 0.483. The van der Waals surface area contributed by atoms with Crippen molar-refractivity contribution in [2.24, 2.45) is 0 Å². The Morgan fingerprint density at radius 2 is 2.00 bits per heavy atom. The van der Waals surface area contributed by atoms with Crippen LogP contribution in [-0.2, 0) is 10.1 Å². The zero-order valence-electron chi connectivity index (χ0n) is 7.69.